The van der Waals surface area contributed by atoms with Crippen molar-refractivity contribution in [2.75, 3.05) is 13.2 Å². The van der Waals surface area contributed by atoms with E-state index in [0.29, 0.717) is 19.4 Å². The van der Waals surface area contributed by atoms with Gasteiger partial charge in [0.1, 0.15) is 11.8 Å². The van der Waals surface area contributed by atoms with Gasteiger partial charge in [0.25, 0.3) is 0 Å². The van der Waals surface area contributed by atoms with E-state index in [4.69, 9.17) is 20.4 Å². The number of likely N-dealkylation sites (tertiary alicyclic amines) is 1. The number of hydrogen-bond donors (Lipinski definition) is 2. The summed E-state index contributed by atoms with van der Waals surface area (Å²) >= 11 is 0. The predicted octanol–water partition coefficient (Wildman–Crippen LogP) is 5.13. The van der Waals surface area contributed by atoms with Crippen LogP contribution in [-0.2, 0) is 6.18 Å². The van der Waals surface area contributed by atoms with E-state index in [1.54, 1.807) is 4.90 Å². The number of nitrogens with zero attached hydrogens (tertiary/aromatic N) is 3. The third-order valence-electron chi connectivity index (χ3n) is 5.35. The first kappa shape index (κ1) is 22.9. The van der Waals surface area contributed by atoms with E-state index in [1.165, 1.54) is 18.6 Å². The minimum Gasteiger partial charge on any atom is -0.493 e. The maximum Gasteiger partial charge on any atom is 0.419 e. The van der Waals surface area contributed by atoms with Gasteiger partial charge in [-0.25, -0.2) is 0 Å². The van der Waals surface area contributed by atoms with Crippen LogP contribution >= 0.6 is 0 Å². The molecule has 2 heterocycles. The summed E-state index contributed by atoms with van der Waals surface area (Å²) in [6.07, 6.45) is 2.27. The van der Waals surface area contributed by atoms with Gasteiger partial charge in [-0.05, 0) is 31.0 Å². The first-order valence-electron chi connectivity index (χ1n) is 10.6. The van der Waals surface area contributed by atoms with Crippen molar-refractivity contribution in [2.45, 2.75) is 64.1 Å². The zero-order valence-corrected chi connectivity index (χ0v) is 17.5. The normalized spacial score (nSPS) is 16.3. The number of ether oxygens (including phenoxy) is 1. The molecule has 2 aromatic rings. The van der Waals surface area contributed by atoms with Gasteiger partial charge in [0.15, 0.2) is 5.96 Å². The van der Waals surface area contributed by atoms with E-state index in [0.717, 1.165) is 31.7 Å². The third kappa shape index (κ3) is 5.68. The molecule has 0 spiro atoms. The van der Waals surface area contributed by atoms with Gasteiger partial charge in [-0.2, -0.15) is 18.2 Å². The minimum atomic E-state index is -4.57. The Labute approximate surface area is 179 Å². The molecule has 3 N–H and O–H groups in total. The van der Waals surface area contributed by atoms with Crippen molar-refractivity contribution in [3.8, 4) is 17.1 Å². The van der Waals surface area contributed by atoms with E-state index in [1.807, 2.05) is 0 Å². The van der Waals surface area contributed by atoms with E-state index >= 15 is 0 Å². The molecule has 7 nitrogen and oxygen atoms in total. The Bertz CT molecular complexity index is 884. The van der Waals surface area contributed by atoms with Gasteiger partial charge >= 0.3 is 6.18 Å². The predicted molar refractivity (Wildman–Crippen MR) is 110 cm³/mol. The average Bonchev–Trinajstić information content (AvgIpc) is 3.14. The molecule has 0 unspecified atom stereocenters. The molecule has 0 amide bonds. The number of guanidine groups is 1. The summed E-state index contributed by atoms with van der Waals surface area (Å²) in [5.74, 6) is -0.0238. The average molecular weight is 439 g/mol. The largest absolute Gasteiger partial charge is 0.493 e. The van der Waals surface area contributed by atoms with E-state index in [9.17, 15) is 13.2 Å². The summed E-state index contributed by atoms with van der Waals surface area (Å²) in [6, 6.07) is 3.45. The second kappa shape index (κ2) is 10.0. The fraction of sp³-hybridized carbons (Fsp3) is 0.571. The number of nitrogens with one attached hydrogen (secondary N) is 1. The standard InChI is InChI=1S/C21H28F3N5O2/c1-2-3-4-5-6-7-12-30-17-9-8-14(13-15(17)21(22,23)24)18-27-19(31-28-18)16-10-11-29(16)20(25)26/h8-9,13,16H,2-7,10-12H2,1H3,(H3,25,26)/t16-/m0/s1. The zero-order valence-electron chi connectivity index (χ0n) is 17.5. The number of nitrogens with two attached hydrogens (primary N) is 1. The molecule has 0 bridgehead atoms. The van der Waals surface area contributed by atoms with Gasteiger partial charge in [-0.15, -0.1) is 0 Å². The number of halogens is 3. The Balaban J connectivity index is 1.68. The second-order valence-electron chi connectivity index (χ2n) is 7.66. The molecule has 1 aromatic heterocycles. The number of unbranched alkanes of at least 4 members (excludes halogenated alkanes) is 5. The van der Waals surface area contributed by atoms with Crippen LogP contribution in [0, 0.1) is 5.41 Å². The molecule has 1 aliphatic heterocycles. The van der Waals surface area contributed by atoms with Gasteiger partial charge in [-0.1, -0.05) is 44.2 Å². The van der Waals surface area contributed by atoms with E-state index in [-0.39, 0.29) is 41.6 Å². The highest BCUT2D eigenvalue weighted by Gasteiger charge is 2.37. The zero-order chi connectivity index (χ0) is 22.4. The molecule has 1 aromatic carbocycles. The van der Waals surface area contributed by atoms with Gasteiger partial charge in [0.2, 0.25) is 11.7 Å². The van der Waals surface area contributed by atoms with Gasteiger partial charge < -0.3 is 19.9 Å². The van der Waals surface area contributed by atoms with Crippen LogP contribution in [0.25, 0.3) is 11.4 Å². The number of hydrogen-bond acceptors (Lipinski definition) is 5. The molecule has 31 heavy (non-hydrogen) atoms. The summed E-state index contributed by atoms with van der Waals surface area (Å²) in [4.78, 5) is 5.80. The molecule has 3 rings (SSSR count). The van der Waals surface area contributed by atoms with Crippen LogP contribution in [0.3, 0.4) is 0 Å². The summed E-state index contributed by atoms with van der Waals surface area (Å²) in [6.45, 7) is 2.97. The van der Waals surface area contributed by atoms with Crippen molar-refractivity contribution in [2.24, 2.45) is 5.73 Å². The smallest absolute Gasteiger partial charge is 0.419 e. The van der Waals surface area contributed by atoms with Crippen LogP contribution < -0.4 is 10.5 Å². The van der Waals surface area contributed by atoms with Gasteiger partial charge in [-0.3, -0.25) is 5.41 Å². The molecule has 1 atom stereocenters. The molecule has 0 saturated carbocycles. The summed E-state index contributed by atoms with van der Waals surface area (Å²) in [7, 11) is 0. The van der Waals surface area contributed by atoms with Crippen molar-refractivity contribution in [3.63, 3.8) is 0 Å². The van der Waals surface area contributed by atoms with Crippen LogP contribution in [0.5, 0.6) is 5.75 Å². The van der Waals surface area contributed by atoms with Crippen molar-refractivity contribution >= 4 is 5.96 Å². The molecule has 1 fully saturated rings. The highest BCUT2D eigenvalue weighted by molar-refractivity contribution is 5.75. The Morgan fingerprint density at radius 3 is 2.65 bits per heavy atom. The van der Waals surface area contributed by atoms with Crippen molar-refractivity contribution < 1.29 is 22.4 Å². The molecular weight excluding hydrogens is 411 g/mol. The molecule has 1 saturated heterocycles. The molecule has 0 radical (unpaired) electrons. The number of rotatable bonds is 10. The Morgan fingerprint density at radius 1 is 1.26 bits per heavy atom. The lowest BCUT2D eigenvalue weighted by atomic mass is 10.0. The second-order valence-corrected chi connectivity index (χ2v) is 7.66. The lowest BCUT2D eigenvalue weighted by Gasteiger charge is -2.38. The summed E-state index contributed by atoms with van der Waals surface area (Å²) < 4.78 is 51.5. The molecular formula is C21H28F3N5O2. The first-order valence-corrected chi connectivity index (χ1v) is 10.6. The van der Waals surface area contributed by atoms with Crippen LogP contribution in [0.15, 0.2) is 22.7 Å². The number of aromatic nitrogens is 2. The quantitative estimate of drug-likeness (QED) is 0.302. The van der Waals surface area contributed by atoms with Gasteiger partial charge in [0, 0.05) is 12.1 Å². The lowest BCUT2D eigenvalue weighted by Crippen LogP contribution is -2.48. The fourth-order valence-electron chi connectivity index (χ4n) is 3.50. The Kier molecular flexibility index (Phi) is 7.40. The van der Waals surface area contributed by atoms with Crippen LogP contribution in [-0.4, -0.2) is 34.2 Å². The number of benzene rings is 1. The SMILES string of the molecule is CCCCCCCCOc1ccc(-c2noc([C@@H]3CCN3C(=N)N)n2)cc1C(F)(F)F. The van der Waals surface area contributed by atoms with Crippen molar-refractivity contribution in [1.82, 2.24) is 15.0 Å². The topological polar surface area (TPSA) is 101 Å². The van der Waals surface area contributed by atoms with E-state index < -0.39 is 11.7 Å². The highest BCUT2D eigenvalue weighted by Crippen LogP contribution is 2.39. The van der Waals surface area contributed by atoms with Crippen molar-refractivity contribution in [3.05, 3.63) is 29.7 Å². The van der Waals surface area contributed by atoms with Crippen LogP contribution in [0.2, 0.25) is 0 Å². The minimum absolute atomic E-state index is 0.0541. The lowest BCUT2D eigenvalue weighted by molar-refractivity contribution is -0.138. The summed E-state index contributed by atoms with van der Waals surface area (Å²) in [5.41, 5.74) is 4.81. The Morgan fingerprint density at radius 2 is 2.00 bits per heavy atom. The summed E-state index contributed by atoms with van der Waals surface area (Å²) in [5, 5.41) is 11.3. The first-order chi connectivity index (χ1) is 14.8. The fourth-order valence-corrected chi connectivity index (χ4v) is 3.50. The Hall–Kier alpha value is -2.78. The van der Waals surface area contributed by atoms with Gasteiger partial charge in [0.05, 0.1) is 12.2 Å². The van der Waals surface area contributed by atoms with Crippen LogP contribution in [0.4, 0.5) is 13.2 Å². The van der Waals surface area contributed by atoms with Crippen LogP contribution in [0.1, 0.15) is 69.4 Å². The molecule has 170 valence electrons. The third-order valence-corrected chi connectivity index (χ3v) is 5.35. The molecule has 1 aliphatic rings. The monoisotopic (exact) mass is 439 g/mol. The maximum absolute atomic E-state index is 13.6. The maximum atomic E-state index is 13.6. The molecule has 0 aliphatic carbocycles. The van der Waals surface area contributed by atoms with E-state index in [2.05, 4.69) is 17.1 Å². The number of alkyl halides is 3. The molecule has 10 heteroatoms. The van der Waals surface area contributed by atoms with Crippen molar-refractivity contribution in [1.29, 1.82) is 5.41 Å². The highest BCUT2D eigenvalue weighted by atomic mass is 19.4.